The summed E-state index contributed by atoms with van der Waals surface area (Å²) < 4.78 is 0. The second-order valence-electron chi connectivity index (χ2n) is 5.77. The largest absolute Gasteiger partial charge is 0.301 e. The molecule has 0 radical (unpaired) electrons. The number of amides is 1. The van der Waals surface area contributed by atoms with Crippen LogP contribution in [-0.2, 0) is 4.79 Å². The third-order valence-electron chi connectivity index (χ3n) is 3.78. The van der Waals surface area contributed by atoms with Crippen LogP contribution >= 0.6 is 0 Å². The van der Waals surface area contributed by atoms with Gasteiger partial charge in [-0.15, -0.1) is 0 Å². The highest BCUT2D eigenvalue weighted by Gasteiger charge is 2.08. The minimum atomic E-state index is -0.367. The summed E-state index contributed by atoms with van der Waals surface area (Å²) in [7, 11) is 0. The molecule has 0 aromatic carbocycles. The van der Waals surface area contributed by atoms with E-state index in [-0.39, 0.29) is 5.91 Å². The van der Waals surface area contributed by atoms with Crippen molar-refractivity contribution in [1.29, 1.82) is 0 Å². The van der Waals surface area contributed by atoms with E-state index in [1.54, 1.807) is 13.0 Å². The van der Waals surface area contributed by atoms with Crippen molar-refractivity contribution in [2.45, 2.75) is 40.5 Å². The maximum atomic E-state index is 11.6. The Hall–Kier alpha value is -2.93. The molecule has 0 unspecified atom stereocenters. The first kappa shape index (κ1) is 18.4. The minimum Gasteiger partial charge on any atom is -0.300 e. The number of carbonyl (C=O) groups is 1. The Bertz CT molecular complexity index is 857. The quantitative estimate of drug-likeness (QED) is 0.813. The van der Waals surface area contributed by atoms with E-state index in [4.69, 9.17) is 0 Å². The molecule has 128 valence electrons. The number of nitrogens with zero attached hydrogens (tertiary/aromatic N) is 2. The Morgan fingerprint density at radius 2 is 2.16 bits per heavy atom. The second kappa shape index (κ2) is 8.79. The smallest absolute Gasteiger partial charge is 0.300 e. The number of anilines is 1. The molecule has 0 aliphatic rings. The Morgan fingerprint density at radius 1 is 1.36 bits per heavy atom. The molecular weight excluding hydrogens is 310 g/mol. The predicted octanol–water partition coefficient (Wildman–Crippen LogP) is 4.62. The van der Waals surface area contributed by atoms with Crippen LogP contribution in [0.3, 0.4) is 0 Å². The molecule has 1 amide bonds. The van der Waals surface area contributed by atoms with Gasteiger partial charge in [-0.3, -0.25) is 15.1 Å². The normalized spacial score (nSPS) is 10.8. The van der Waals surface area contributed by atoms with E-state index >= 15 is 0 Å². The number of carbonyl (C=O) groups excluding carboxylic acids is 1. The lowest BCUT2D eigenvalue weighted by Crippen LogP contribution is -2.09. The molecule has 2 aromatic heterocycles. The van der Waals surface area contributed by atoms with Crippen LogP contribution in [0.15, 0.2) is 36.5 Å². The van der Waals surface area contributed by atoms with Crippen molar-refractivity contribution in [3.63, 3.8) is 0 Å². The second-order valence-corrected chi connectivity index (χ2v) is 5.77. The van der Waals surface area contributed by atoms with Crippen LogP contribution in [0, 0.1) is 18.8 Å². The van der Waals surface area contributed by atoms with Crippen LogP contribution in [0.1, 0.15) is 44.9 Å². The molecule has 0 atom stereocenters. The molecular formula is C21H23N3O. The molecule has 0 spiro atoms. The van der Waals surface area contributed by atoms with Gasteiger partial charge in [-0.1, -0.05) is 31.4 Å². The molecule has 4 heteroatoms. The van der Waals surface area contributed by atoms with Gasteiger partial charge in [0.2, 0.25) is 0 Å². The first-order valence-electron chi connectivity index (χ1n) is 8.40. The summed E-state index contributed by atoms with van der Waals surface area (Å²) in [6, 6.07) is 7.61. The van der Waals surface area contributed by atoms with Gasteiger partial charge in [-0.05, 0) is 62.4 Å². The van der Waals surface area contributed by atoms with Gasteiger partial charge in [0.25, 0.3) is 0 Å². The molecule has 25 heavy (non-hydrogen) atoms. The lowest BCUT2D eigenvalue weighted by molar-refractivity contribution is -0.111. The number of hydrogen-bond acceptors (Lipinski definition) is 3. The molecule has 1 N–H and O–H groups in total. The Balaban J connectivity index is 2.35. The lowest BCUT2D eigenvalue weighted by atomic mass is 10.0. The zero-order valence-corrected chi connectivity index (χ0v) is 15.2. The van der Waals surface area contributed by atoms with Gasteiger partial charge in [-0.25, -0.2) is 4.98 Å². The summed E-state index contributed by atoms with van der Waals surface area (Å²) >= 11 is 0. The standard InChI is InChI=1S/C21H23N3O/c1-5-7-10-15(3)18-13-17(14-22-16(18)4)19-11-8-12-20(23-19)24-21(25)9-6-2/h8,10-14H,5,7H2,1-4H3,(H,23,24,25)/b15-10-. The SMILES string of the molecule is CC#CC(=O)Nc1cccc(-c2cnc(C)c(/C(C)=C\CCC)c2)n1. The van der Waals surface area contributed by atoms with E-state index < -0.39 is 0 Å². The minimum absolute atomic E-state index is 0.367. The first-order chi connectivity index (χ1) is 12.0. The molecule has 0 bridgehead atoms. The summed E-state index contributed by atoms with van der Waals surface area (Å²) in [6.07, 6.45) is 6.22. The molecule has 2 heterocycles. The topological polar surface area (TPSA) is 54.9 Å². The van der Waals surface area contributed by atoms with E-state index in [2.05, 4.69) is 53.1 Å². The lowest BCUT2D eigenvalue weighted by Gasteiger charge is -2.10. The highest BCUT2D eigenvalue weighted by Crippen LogP contribution is 2.25. The fourth-order valence-corrected chi connectivity index (χ4v) is 2.47. The van der Waals surface area contributed by atoms with E-state index in [1.807, 2.05) is 25.3 Å². The monoisotopic (exact) mass is 333 g/mol. The van der Waals surface area contributed by atoms with Gasteiger partial charge in [0.1, 0.15) is 5.82 Å². The molecule has 2 rings (SSSR count). The molecule has 0 aliphatic carbocycles. The van der Waals surface area contributed by atoms with Gasteiger partial charge >= 0.3 is 5.91 Å². The average Bonchev–Trinajstić information content (AvgIpc) is 2.60. The highest BCUT2D eigenvalue weighted by molar-refractivity contribution is 6.03. The van der Waals surface area contributed by atoms with Crippen LogP contribution in [0.25, 0.3) is 16.8 Å². The summed E-state index contributed by atoms with van der Waals surface area (Å²) in [5, 5.41) is 2.67. The molecule has 0 aliphatic heterocycles. The van der Waals surface area contributed by atoms with E-state index in [0.717, 1.165) is 35.4 Å². The van der Waals surface area contributed by atoms with Crippen LogP contribution in [-0.4, -0.2) is 15.9 Å². The Labute approximate surface area is 149 Å². The van der Waals surface area contributed by atoms with Crippen molar-refractivity contribution in [3.8, 4) is 23.1 Å². The summed E-state index contributed by atoms with van der Waals surface area (Å²) in [5.74, 6) is 5.13. The molecule has 2 aromatic rings. The molecule has 0 fully saturated rings. The average molecular weight is 333 g/mol. The number of aryl methyl sites for hydroxylation is 1. The van der Waals surface area contributed by atoms with Gasteiger partial charge in [0, 0.05) is 17.5 Å². The fourth-order valence-electron chi connectivity index (χ4n) is 2.47. The van der Waals surface area contributed by atoms with Crippen molar-refractivity contribution in [2.75, 3.05) is 5.32 Å². The zero-order chi connectivity index (χ0) is 18.2. The van der Waals surface area contributed by atoms with Crippen LogP contribution in [0.2, 0.25) is 0 Å². The van der Waals surface area contributed by atoms with Crippen molar-refractivity contribution in [2.24, 2.45) is 0 Å². The molecule has 0 saturated heterocycles. The van der Waals surface area contributed by atoms with Gasteiger partial charge in [-0.2, -0.15) is 0 Å². The van der Waals surface area contributed by atoms with Crippen molar-refractivity contribution >= 4 is 17.3 Å². The van der Waals surface area contributed by atoms with Crippen molar-refractivity contribution < 1.29 is 4.79 Å². The number of unbranched alkanes of at least 4 members (excludes halogenated alkanes) is 1. The van der Waals surface area contributed by atoms with Crippen LogP contribution in [0.4, 0.5) is 5.82 Å². The predicted molar refractivity (Wildman–Crippen MR) is 103 cm³/mol. The highest BCUT2D eigenvalue weighted by atomic mass is 16.1. The first-order valence-corrected chi connectivity index (χ1v) is 8.40. The Morgan fingerprint density at radius 3 is 2.88 bits per heavy atom. The maximum Gasteiger partial charge on any atom is 0.301 e. The summed E-state index contributed by atoms with van der Waals surface area (Å²) in [4.78, 5) is 20.6. The zero-order valence-electron chi connectivity index (χ0n) is 15.2. The van der Waals surface area contributed by atoms with Gasteiger partial charge in [0.05, 0.1) is 5.69 Å². The number of aromatic nitrogens is 2. The molecule has 4 nitrogen and oxygen atoms in total. The number of allylic oxidation sites excluding steroid dienone is 2. The number of hydrogen-bond donors (Lipinski definition) is 1. The Kier molecular flexibility index (Phi) is 6.47. The van der Waals surface area contributed by atoms with E-state index in [1.165, 1.54) is 5.57 Å². The van der Waals surface area contributed by atoms with Crippen molar-refractivity contribution in [1.82, 2.24) is 9.97 Å². The van der Waals surface area contributed by atoms with Gasteiger partial charge in [0.15, 0.2) is 0 Å². The number of nitrogens with one attached hydrogen (secondary N) is 1. The van der Waals surface area contributed by atoms with E-state index in [0.29, 0.717) is 5.82 Å². The van der Waals surface area contributed by atoms with Crippen LogP contribution in [0.5, 0.6) is 0 Å². The van der Waals surface area contributed by atoms with Crippen molar-refractivity contribution in [3.05, 3.63) is 47.8 Å². The summed E-state index contributed by atoms with van der Waals surface area (Å²) in [6.45, 7) is 7.90. The number of rotatable bonds is 5. The van der Waals surface area contributed by atoms with Crippen LogP contribution < -0.4 is 5.32 Å². The third-order valence-corrected chi connectivity index (χ3v) is 3.78. The maximum absolute atomic E-state index is 11.6. The molecule has 0 saturated carbocycles. The third kappa shape index (κ3) is 5.02. The van der Waals surface area contributed by atoms with Gasteiger partial charge < -0.3 is 0 Å². The summed E-state index contributed by atoms with van der Waals surface area (Å²) in [5.41, 5.74) is 5.02. The van der Waals surface area contributed by atoms with E-state index in [9.17, 15) is 4.79 Å². The number of pyridine rings is 2. The fraction of sp³-hybridized carbons (Fsp3) is 0.286.